The van der Waals surface area contributed by atoms with Crippen LogP contribution in [-0.2, 0) is 0 Å². The zero-order valence-electron chi connectivity index (χ0n) is 3.31. The van der Waals surface area contributed by atoms with Crippen LogP contribution < -0.4 is 5.73 Å². The maximum atomic E-state index is 7.89. The van der Waals surface area contributed by atoms with Gasteiger partial charge in [0.05, 0.1) is 0 Å². The molecule has 0 spiro atoms. The van der Waals surface area contributed by atoms with Gasteiger partial charge in [-0.2, -0.15) is 5.73 Å². The van der Waals surface area contributed by atoms with Crippen molar-refractivity contribution >= 4 is 0 Å². The van der Waals surface area contributed by atoms with Gasteiger partial charge in [0.1, 0.15) is 0 Å². The van der Waals surface area contributed by atoms with Crippen LogP contribution in [0.2, 0.25) is 0 Å². The molecule has 0 aliphatic carbocycles. The Kier molecular flexibility index (Phi) is 3.21. The lowest BCUT2D eigenvalue weighted by atomic mass is 10.5. The van der Waals surface area contributed by atoms with Crippen molar-refractivity contribution in [2.75, 3.05) is 0 Å². The summed E-state index contributed by atoms with van der Waals surface area (Å²) in [5, 5.41) is 0. The van der Waals surface area contributed by atoms with Crippen LogP contribution in [0, 0.1) is 0 Å². The topological polar surface area (TPSA) is 22.3 Å². The first kappa shape index (κ1) is 4.54. The fourth-order valence-electron chi connectivity index (χ4n) is 0.105. The summed E-state index contributed by atoms with van der Waals surface area (Å²) in [6.45, 7) is 1.96. The molecule has 0 unspecified atom stereocenters. The van der Waals surface area contributed by atoms with E-state index in [9.17, 15) is 0 Å². The van der Waals surface area contributed by atoms with E-state index in [2.05, 4.69) is 0 Å². The monoisotopic (exact) mass is 69.1 g/mol. The van der Waals surface area contributed by atoms with Gasteiger partial charge in [-0.25, -0.2) is 0 Å². The highest BCUT2D eigenvalue weighted by Gasteiger charge is 1.54. The predicted molar refractivity (Wildman–Crippen MR) is 21.6 cm³/mol. The second-order valence-corrected chi connectivity index (χ2v) is 0.793. The average molecular weight is 69.1 g/mol. The summed E-state index contributed by atoms with van der Waals surface area (Å²) in [6.07, 6.45) is 3.65. The first-order valence-electron chi connectivity index (χ1n) is 1.71. The van der Waals surface area contributed by atoms with Gasteiger partial charge in [0.15, 0.2) is 0 Å². The van der Waals surface area contributed by atoms with E-state index in [1.165, 1.54) is 0 Å². The molecule has 0 aromatic heterocycles. The Morgan fingerprint density at radius 3 is 2.40 bits per heavy atom. The van der Waals surface area contributed by atoms with Crippen LogP contribution in [0.15, 0.2) is 12.3 Å². The highest BCUT2D eigenvalue weighted by atomic mass is 14.5. The van der Waals surface area contributed by atoms with Crippen molar-refractivity contribution in [3.63, 3.8) is 0 Å². The first-order valence-corrected chi connectivity index (χ1v) is 1.71. The Hall–Kier alpha value is -0.460. The van der Waals surface area contributed by atoms with Gasteiger partial charge in [-0.1, -0.05) is 13.0 Å². The van der Waals surface area contributed by atoms with E-state index in [1.54, 1.807) is 6.08 Å². The van der Waals surface area contributed by atoms with Crippen molar-refractivity contribution < 1.29 is 0 Å². The summed E-state index contributed by atoms with van der Waals surface area (Å²) < 4.78 is 0. The normalized spacial score (nSPS) is 9.80. The molecule has 0 rings (SSSR count). The summed E-state index contributed by atoms with van der Waals surface area (Å²) in [5.74, 6) is 0. The number of hydrogen-bond acceptors (Lipinski definition) is 0. The van der Waals surface area contributed by atoms with Crippen molar-refractivity contribution in [3.05, 3.63) is 12.3 Å². The van der Waals surface area contributed by atoms with E-state index in [-0.39, 0.29) is 0 Å². The maximum Gasteiger partial charge on any atom is 0.0455 e. The number of hydrogen-bond donors (Lipinski definition) is 0. The van der Waals surface area contributed by atoms with E-state index < -0.39 is 0 Å². The molecule has 2 radical (unpaired) electrons. The van der Waals surface area contributed by atoms with Crippen LogP contribution in [0.25, 0.3) is 0 Å². The summed E-state index contributed by atoms with van der Waals surface area (Å²) in [5.41, 5.74) is 7.89. The van der Waals surface area contributed by atoms with Crippen molar-refractivity contribution in [1.82, 2.24) is 5.73 Å². The minimum Gasteiger partial charge on any atom is -0.160 e. The molecule has 1 heteroatoms. The van der Waals surface area contributed by atoms with Gasteiger partial charge >= 0.3 is 0 Å². The molecule has 28 valence electrons. The van der Waals surface area contributed by atoms with Crippen LogP contribution >= 0.6 is 0 Å². The van der Waals surface area contributed by atoms with Crippen LogP contribution in [0.4, 0.5) is 0 Å². The Labute approximate surface area is 32.5 Å². The van der Waals surface area contributed by atoms with Gasteiger partial charge in [-0.3, -0.25) is 0 Å². The standard InChI is InChI=1S/C4H7N/c1-2-3-4-5/h3-4H,2H2,1H3. The summed E-state index contributed by atoms with van der Waals surface area (Å²) in [4.78, 5) is 0. The summed E-state index contributed by atoms with van der Waals surface area (Å²) >= 11 is 0. The molecule has 0 fully saturated rings. The molecule has 0 bridgehead atoms. The van der Waals surface area contributed by atoms with E-state index >= 15 is 0 Å². The summed E-state index contributed by atoms with van der Waals surface area (Å²) in [6, 6.07) is 0. The maximum absolute atomic E-state index is 7.89. The van der Waals surface area contributed by atoms with E-state index in [1.807, 2.05) is 6.92 Å². The quantitative estimate of drug-likeness (QED) is 0.438. The lowest BCUT2D eigenvalue weighted by Crippen LogP contribution is -1.51. The number of nitrogens with zero attached hydrogens (tertiary/aromatic N) is 1. The minimum absolute atomic E-state index is 0.913. The van der Waals surface area contributed by atoms with Crippen molar-refractivity contribution in [2.24, 2.45) is 0 Å². The number of allylic oxidation sites excluding steroid dienone is 1. The minimum atomic E-state index is 0.913. The fourth-order valence-corrected chi connectivity index (χ4v) is 0.105. The van der Waals surface area contributed by atoms with Gasteiger partial charge < -0.3 is 0 Å². The Balaban J connectivity index is 2.62. The largest absolute Gasteiger partial charge is 0.160 e. The zero-order chi connectivity index (χ0) is 4.12. The van der Waals surface area contributed by atoms with Crippen molar-refractivity contribution in [1.29, 1.82) is 0 Å². The Bertz CT molecular complexity index is 30.6. The third-order valence-corrected chi connectivity index (χ3v) is 0.341. The smallest absolute Gasteiger partial charge is 0.0455 e. The lowest BCUT2D eigenvalue weighted by Gasteiger charge is -1.62. The highest BCUT2D eigenvalue weighted by molar-refractivity contribution is 4.71. The third kappa shape index (κ3) is 3.54. The second kappa shape index (κ2) is 3.54. The molecule has 0 saturated heterocycles. The molecule has 1 nitrogen and oxygen atoms in total. The molecular formula is C4H7N. The van der Waals surface area contributed by atoms with Gasteiger partial charge in [0.25, 0.3) is 0 Å². The first-order chi connectivity index (χ1) is 2.41. The average Bonchev–Trinajstić information content (AvgIpc) is 1.41. The second-order valence-electron chi connectivity index (χ2n) is 0.793. The molecule has 0 atom stereocenters. The SMILES string of the molecule is CCC=C[N]. The third-order valence-electron chi connectivity index (χ3n) is 0.341. The Morgan fingerprint density at radius 2 is 2.40 bits per heavy atom. The molecule has 0 heterocycles. The van der Waals surface area contributed by atoms with Crippen molar-refractivity contribution in [3.8, 4) is 0 Å². The number of rotatable bonds is 1. The van der Waals surface area contributed by atoms with Gasteiger partial charge in [-0.05, 0) is 6.42 Å². The van der Waals surface area contributed by atoms with Crippen LogP contribution in [0.3, 0.4) is 0 Å². The van der Waals surface area contributed by atoms with Gasteiger partial charge in [0, 0.05) is 6.20 Å². The van der Waals surface area contributed by atoms with Crippen LogP contribution in [0.5, 0.6) is 0 Å². The predicted octanol–water partition coefficient (Wildman–Crippen LogP) is 0.979. The highest BCUT2D eigenvalue weighted by Crippen LogP contribution is 1.70. The van der Waals surface area contributed by atoms with E-state index in [4.69, 9.17) is 5.73 Å². The molecule has 5 heavy (non-hydrogen) atoms. The Morgan fingerprint density at radius 1 is 1.80 bits per heavy atom. The van der Waals surface area contributed by atoms with Crippen molar-refractivity contribution in [2.45, 2.75) is 13.3 Å². The van der Waals surface area contributed by atoms with Crippen LogP contribution in [0.1, 0.15) is 13.3 Å². The van der Waals surface area contributed by atoms with E-state index in [0.717, 1.165) is 12.6 Å². The molecule has 0 amide bonds. The molecule has 0 aliphatic rings. The molecule has 0 N–H and O–H groups in total. The molecule has 0 aromatic rings. The van der Waals surface area contributed by atoms with Crippen LogP contribution in [-0.4, -0.2) is 0 Å². The van der Waals surface area contributed by atoms with E-state index in [0.29, 0.717) is 0 Å². The van der Waals surface area contributed by atoms with Gasteiger partial charge in [0.2, 0.25) is 0 Å². The summed E-state index contributed by atoms with van der Waals surface area (Å²) in [7, 11) is 0. The molecular weight excluding hydrogens is 62.1 g/mol. The molecule has 0 aliphatic heterocycles. The van der Waals surface area contributed by atoms with Gasteiger partial charge in [-0.15, -0.1) is 0 Å². The lowest BCUT2D eigenvalue weighted by molar-refractivity contribution is 1.21. The fraction of sp³-hybridized carbons (Fsp3) is 0.500. The zero-order valence-corrected chi connectivity index (χ0v) is 3.31. The molecule has 0 aromatic carbocycles. The molecule has 0 saturated carbocycles.